The highest BCUT2D eigenvalue weighted by molar-refractivity contribution is 6.33. The van der Waals surface area contributed by atoms with Gasteiger partial charge in [-0.15, -0.1) is 0 Å². The van der Waals surface area contributed by atoms with Crippen molar-refractivity contribution in [3.05, 3.63) is 28.8 Å². The lowest BCUT2D eigenvalue weighted by atomic mass is 10.1. The van der Waals surface area contributed by atoms with Gasteiger partial charge in [-0.2, -0.15) is 13.2 Å². The van der Waals surface area contributed by atoms with Crippen LogP contribution in [-0.2, 0) is 15.8 Å². The Labute approximate surface area is 135 Å². The van der Waals surface area contributed by atoms with Gasteiger partial charge in [0.25, 0.3) is 0 Å². The van der Waals surface area contributed by atoms with Crippen molar-refractivity contribution in [1.29, 1.82) is 0 Å². The van der Waals surface area contributed by atoms with Crippen molar-refractivity contribution in [3.63, 3.8) is 0 Å². The molecular formula is C14H15ClF3N3O2. The number of alkyl halides is 3. The number of carbonyl (C=O) groups is 2. The van der Waals surface area contributed by atoms with Gasteiger partial charge in [0.05, 0.1) is 28.9 Å². The number of amides is 2. The minimum Gasteiger partial charge on any atom is -0.354 e. The van der Waals surface area contributed by atoms with Gasteiger partial charge in [-0.3, -0.25) is 14.5 Å². The van der Waals surface area contributed by atoms with Crippen LogP contribution >= 0.6 is 11.6 Å². The van der Waals surface area contributed by atoms with Gasteiger partial charge in [0, 0.05) is 13.1 Å². The van der Waals surface area contributed by atoms with Gasteiger partial charge < -0.3 is 10.6 Å². The van der Waals surface area contributed by atoms with Crippen LogP contribution in [-0.4, -0.2) is 42.4 Å². The van der Waals surface area contributed by atoms with E-state index in [9.17, 15) is 22.8 Å². The van der Waals surface area contributed by atoms with Gasteiger partial charge >= 0.3 is 6.18 Å². The van der Waals surface area contributed by atoms with Crippen LogP contribution in [0.2, 0.25) is 5.02 Å². The molecule has 0 aromatic heterocycles. The van der Waals surface area contributed by atoms with E-state index in [1.807, 2.05) is 0 Å². The molecule has 1 saturated heterocycles. The van der Waals surface area contributed by atoms with Crippen molar-refractivity contribution >= 4 is 29.1 Å². The lowest BCUT2D eigenvalue weighted by Crippen LogP contribution is -2.53. The molecule has 1 aromatic carbocycles. The quantitative estimate of drug-likeness (QED) is 0.878. The van der Waals surface area contributed by atoms with E-state index in [4.69, 9.17) is 11.6 Å². The van der Waals surface area contributed by atoms with Gasteiger partial charge in [-0.1, -0.05) is 11.6 Å². The number of carbonyl (C=O) groups excluding carboxylic acids is 2. The number of halogens is 4. The zero-order valence-electron chi connectivity index (χ0n) is 12.2. The van der Waals surface area contributed by atoms with Crippen molar-refractivity contribution in [1.82, 2.24) is 10.2 Å². The molecule has 0 aliphatic carbocycles. The second kappa shape index (κ2) is 6.76. The van der Waals surface area contributed by atoms with Gasteiger partial charge in [0.1, 0.15) is 0 Å². The molecule has 0 bridgehead atoms. The second-order valence-corrected chi connectivity index (χ2v) is 5.59. The number of anilines is 1. The van der Waals surface area contributed by atoms with E-state index >= 15 is 0 Å². The monoisotopic (exact) mass is 349 g/mol. The molecule has 1 aromatic rings. The number of benzene rings is 1. The van der Waals surface area contributed by atoms with Crippen LogP contribution in [0.4, 0.5) is 18.9 Å². The second-order valence-electron chi connectivity index (χ2n) is 5.18. The molecule has 1 atom stereocenters. The van der Waals surface area contributed by atoms with Crippen molar-refractivity contribution in [2.75, 3.05) is 25.0 Å². The first kappa shape index (κ1) is 17.6. The average Bonchev–Trinajstić information content (AvgIpc) is 2.47. The number of nitrogens with one attached hydrogen (secondary N) is 2. The Hall–Kier alpha value is -1.80. The lowest BCUT2D eigenvalue weighted by Gasteiger charge is -2.31. The number of rotatable bonds is 3. The maximum atomic E-state index is 12.7. The summed E-state index contributed by atoms with van der Waals surface area (Å²) < 4.78 is 38.2. The largest absolute Gasteiger partial charge is 0.416 e. The molecule has 2 N–H and O–H groups in total. The number of hydrogen-bond donors (Lipinski definition) is 2. The number of hydrogen-bond acceptors (Lipinski definition) is 3. The molecule has 1 aliphatic rings. The molecule has 1 fully saturated rings. The molecule has 1 aliphatic heterocycles. The van der Waals surface area contributed by atoms with Crippen LogP contribution < -0.4 is 10.6 Å². The van der Waals surface area contributed by atoms with Crippen molar-refractivity contribution < 1.29 is 22.8 Å². The summed E-state index contributed by atoms with van der Waals surface area (Å²) in [6.45, 7) is 2.54. The summed E-state index contributed by atoms with van der Waals surface area (Å²) in [5, 5.41) is 5.03. The van der Waals surface area contributed by atoms with Crippen LogP contribution in [0.3, 0.4) is 0 Å². The molecule has 0 radical (unpaired) electrons. The average molecular weight is 350 g/mol. The Morgan fingerprint density at radius 3 is 2.74 bits per heavy atom. The molecule has 2 rings (SSSR count). The Kier molecular flexibility index (Phi) is 5.16. The maximum Gasteiger partial charge on any atom is 0.416 e. The van der Waals surface area contributed by atoms with Gasteiger partial charge in [-0.25, -0.2) is 0 Å². The highest BCUT2D eigenvalue weighted by Crippen LogP contribution is 2.33. The fourth-order valence-corrected chi connectivity index (χ4v) is 2.35. The topological polar surface area (TPSA) is 61.4 Å². The molecule has 0 unspecified atom stereocenters. The van der Waals surface area contributed by atoms with E-state index < -0.39 is 23.7 Å². The summed E-state index contributed by atoms with van der Waals surface area (Å²) in [6, 6.07) is 2.04. The normalized spacial score (nSPS) is 17.5. The number of piperazine rings is 1. The summed E-state index contributed by atoms with van der Waals surface area (Å²) >= 11 is 5.84. The summed E-state index contributed by atoms with van der Waals surface area (Å²) in [6.07, 6.45) is -4.53. The van der Waals surface area contributed by atoms with Crippen molar-refractivity contribution in [3.8, 4) is 0 Å². The molecule has 126 valence electrons. The molecule has 5 nitrogen and oxygen atoms in total. The zero-order chi connectivity index (χ0) is 17.2. The van der Waals surface area contributed by atoms with Crippen molar-refractivity contribution in [2.24, 2.45) is 0 Å². The van der Waals surface area contributed by atoms with Crippen LogP contribution in [0.15, 0.2) is 18.2 Å². The van der Waals surface area contributed by atoms with E-state index in [-0.39, 0.29) is 23.2 Å². The van der Waals surface area contributed by atoms with Crippen LogP contribution in [0.25, 0.3) is 0 Å². The lowest BCUT2D eigenvalue weighted by molar-refractivity contribution is -0.137. The van der Waals surface area contributed by atoms with Gasteiger partial charge in [-0.05, 0) is 25.1 Å². The molecule has 23 heavy (non-hydrogen) atoms. The highest BCUT2D eigenvalue weighted by atomic mass is 35.5. The molecule has 0 spiro atoms. The maximum absolute atomic E-state index is 12.7. The minimum absolute atomic E-state index is 0.00920. The molecule has 2 amide bonds. The Balaban J connectivity index is 2.11. The van der Waals surface area contributed by atoms with E-state index in [1.54, 1.807) is 11.8 Å². The van der Waals surface area contributed by atoms with Gasteiger partial charge in [0.15, 0.2) is 0 Å². The first-order chi connectivity index (χ1) is 10.7. The minimum atomic E-state index is -4.53. The van der Waals surface area contributed by atoms with E-state index in [2.05, 4.69) is 10.6 Å². The van der Waals surface area contributed by atoms with Crippen LogP contribution in [0.5, 0.6) is 0 Å². The summed E-state index contributed by atoms with van der Waals surface area (Å²) in [5.41, 5.74) is -1.01. The van der Waals surface area contributed by atoms with E-state index in [0.29, 0.717) is 13.1 Å². The summed E-state index contributed by atoms with van der Waals surface area (Å²) in [7, 11) is 0. The molecule has 0 saturated carbocycles. The molecule has 9 heteroatoms. The molecule has 1 heterocycles. The SMILES string of the molecule is C[C@H](C(=O)Nc1cc(C(F)(F)F)ccc1Cl)N1CCNC(=O)C1. The zero-order valence-corrected chi connectivity index (χ0v) is 13.0. The van der Waals surface area contributed by atoms with Crippen LogP contribution in [0, 0.1) is 0 Å². The van der Waals surface area contributed by atoms with E-state index in [1.165, 1.54) is 0 Å². The first-order valence-corrected chi connectivity index (χ1v) is 7.24. The predicted octanol–water partition coefficient (Wildman–Crippen LogP) is 2.12. The third kappa shape index (κ3) is 4.35. The van der Waals surface area contributed by atoms with Gasteiger partial charge in [0.2, 0.25) is 11.8 Å². The summed E-state index contributed by atoms with van der Waals surface area (Å²) in [4.78, 5) is 25.2. The Morgan fingerprint density at radius 1 is 1.43 bits per heavy atom. The summed E-state index contributed by atoms with van der Waals surface area (Å²) in [5.74, 6) is -0.728. The Bertz CT molecular complexity index is 622. The third-order valence-electron chi connectivity index (χ3n) is 3.55. The highest BCUT2D eigenvalue weighted by Gasteiger charge is 2.32. The standard InChI is InChI=1S/C14H15ClF3N3O2/c1-8(21-5-4-19-12(22)7-21)13(23)20-11-6-9(14(16,17)18)2-3-10(11)15/h2-3,6,8H,4-5,7H2,1H3,(H,19,22)(H,20,23)/t8-/m1/s1. The fourth-order valence-electron chi connectivity index (χ4n) is 2.19. The third-order valence-corrected chi connectivity index (χ3v) is 3.88. The Morgan fingerprint density at radius 2 is 2.13 bits per heavy atom. The fraction of sp³-hybridized carbons (Fsp3) is 0.429. The smallest absolute Gasteiger partial charge is 0.354 e. The van der Waals surface area contributed by atoms with Crippen molar-refractivity contribution in [2.45, 2.75) is 19.1 Å². The first-order valence-electron chi connectivity index (χ1n) is 6.87. The predicted molar refractivity (Wildman–Crippen MR) is 79.1 cm³/mol. The molecular weight excluding hydrogens is 335 g/mol. The van der Waals surface area contributed by atoms with Crippen LogP contribution in [0.1, 0.15) is 12.5 Å². The number of nitrogens with zero attached hydrogens (tertiary/aromatic N) is 1. The van der Waals surface area contributed by atoms with E-state index in [0.717, 1.165) is 18.2 Å².